The number of methoxy groups -OCH3 is 2. The van der Waals surface area contributed by atoms with Gasteiger partial charge in [-0.25, -0.2) is 9.59 Å². The normalized spacial score (nSPS) is 15.8. The molecule has 0 saturated carbocycles. The van der Waals surface area contributed by atoms with Crippen molar-refractivity contribution in [3.05, 3.63) is 69.6 Å². The average Bonchev–Trinajstić information content (AvgIpc) is 3.13. The number of hydrogen-bond acceptors (Lipinski definition) is 9. The van der Waals surface area contributed by atoms with Crippen LogP contribution in [0.25, 0.3) is 0 Å². The van der Waals surface area contributed by atoms with Gasteiger partial charge in [-0.2, -0.15) is 5.10 Å². The van der Waals surface area contributed by atoms with E-state index >= 15 is 0 Å². The van der Waals surface area contributed by atoms with Crippen molar-refractivity contribution in [3.63, 3.8) is 0 Å². The van der Waals surface area contributed by atoms with E-state index in [0.717, 1.165) is 17.8 Å². The first-order valence-electron chi connectivity index (χ1n) is 8.95. The molecule has 3 rings (SSSR count). The van der Waals surface area contributed by atoms with Crippen molar-refractivity contribution in [2.75, 3.05) is 14.2 Å². The Bertz CT molecular complexity index is 1140. The van der Waals surface area contributed by atoms with Crippen molar-refractivity contribution < 1.29 is 28.6 Å². The van der Waals surface area contributed by atoms with Gasteiger partial charge in [-0.3, -0.25) is 10.1 Å². The Hall–Kier alpha value is -3.63. The molecule has 1 amide bonds. The number of nitrogens with zero attached hydrogens (tertiary/aromatic N) is 2. The molecule has 32 heavy (non-hydrogen) atoms. The minimum Gasteiger partial charge on any atom is -0.493 e. The second-order valence-electron chi connectivity index (χ2n) is 6.04. The number of benzene rings is 2. The predicted molar refractivity (Wildman–Crippen MR) is 120 cm³/mol. The molecule has 0 spiro atoms. The highest BCUT2D eigenvalue weighted by Crippen LogP contribution is 2.29. The molecule has 0 aromatic heterocycles. The molecular formula is C21H16ClN3O6S. The quantitative estimate of drug-likeness (QED) is 0.225. The first-order valence-corrected chi connectivity index (χ1v) is 10.1. The molecule has 1 fully saturated rings. The van der Waals surface area contributed by atoms with Crippen molar-refractivity contribution in [1.29, 1.82) is 0 Å². The molecule has 0 atom stereocenters. The lowest BCUT2D eigenvalue weighted by Crippen LogP contribution is -2.19. The van der Waals surface area contributed by atoms with Crippen LogP contribution in [0.15, 0.2) is 63.6 Å². The molecule has 0 unspecified atom stereocenters. The van der Waals surface area contributed by atoms with E-state index in [1.54, 1.807) is 42.5 Å². The van der Waals surface area contributed by atoms with Gasteiger partial charge in [0, 0.05) is 11.1 Å². The van der Waals surface area contributed by atoms with Crippen LogP contribution >= 0.6 is 23.4 Å². The Kier molecular flexibility index (Phi) is 7.63. The van der Waals surface area contributed by atoms with E-state index in [4.69, 9.17) is 21.1 Å². The Labute approximate surface area is 192 Å². The number of hydrogen-bond donors (Lipinski definition) is 1. The SMILES string of the molecule is COC(=O)/C=C1/S/C(=N\N=Cc2ccc(OC(=O)c3ccc(Cl)cc3)c(OC)c2)NC1=O. The third kappa shape index (κ3) is 5.96. The van der Waals surface area contributed by atoms with Crippen LogP contribution in [-0.4, -0.2) is 43.4 Å². The lowest BCUT2D eigenvalue weighted by Gasteiger charge is -2.10. The molecular weight excluding hydrogens is 458 g/mol. The van der Waals surface area contributed by atoms with E-state index < -0.39 is 17.8 Å². The molecule has 0 radical (unpaired) electrons. The van der Waals surface area contributed by atoms with Gasteiger partial charge in [-0.15, -0.1) is 5.10 Å². The van der Waals surface area contributed by atoms with Gasteiger partial charge in [0.25, 0.3) is 5.91 Å². The number of amides is 1. The number of amidine groups is 1. The first kappa shape index (κ1) is 23.0. The zero-order valence-electron chi connectivity index (χ0n) is 16.8. The average molecular weight is 474 g/mol. The number of halogens is 1. The Morgan fingerprint density at radius 1 is 1.09 bits per heavy atom. The Morgan fingerprint density at radius 3 is 2.53 bits per heavy atom. The number of nitrogens with one attached hydrogen (secondary N) is 1. The zero-order chi connectivity index (χ0) is 23.1. The highest BCUT2D eigenvalue weighted by Gasteiger charge is 2.25. The minimum absolute atomic E-state index is 0.152. The van der Waals surface area contributed by atoms with Gasteiger partial charge >= 0.3 is 11.9 Å². The summed E-state index contributed by atoms with van der Waals surface area (Å²) in [6.45, 7) is 0. The molecule has 1 aliphatic heterocycles. The monoisotopic (exact) mass is 473 g/mol. The largest absolute Gasteiger partial charge is 0.493 e. The van der Waals surface area contributed by atoms with Gasteiger partial charge in [0.1, 0.15) is 0 Å². The molecule has 164 valence electrons. The van der Waals surface area contributed by atoms with Gasteiger partial charge in [0.2, 0.25) is 0 Å². The third-order valence-electron chi connectivity index (χ3n) is 3.93. The molecule has 0 aliphatic carbocycles. The summed E-state index contributed by atoms with van der Waals surface area (Å²) < 4.78 is 15.2. The van der Waals surface area contributed by atoms with Gasteiger partial charge in [0.05, 0.1) is 30.9 Å². The van der Waals surface area contributed by atoms with E-state index in [-0.39, 0.29) is 15.8 Å². The highest BCUT2D eigenvalue weighted by atomic mass is 35.5. The maximum Gasteiger partial charge on any atom is 0.343 e. The standard InChI is InChI=1S/C21H16ClN3O6S/c1-29-16-9-12(3-8-15(16)31-20(28)13-4-6-14(22)7-5-13)11-23-25-21-24-19(27)17(32-21)10-18(26)30-2/h3-11H,1-2H3,(H,24,25,27)/b17-10+,23-11?. The number of ether oxygens (including phenoxy) is 3. The van der Waals surface area contributed by atoms with Crippen LogP contribution in [0.5, 0.6) is 11.5 Å². The Morgan fingerprint density at radius 2 is 1.84 bits per heavy atom. The van der Waals surface area contributed by atoms with Crippen LogP contribution < -0.4 is 14.8 Å². The molecule has 1 N–H and O–H groups in total. The fraction of sp³-hybridized carbons (Fsp3) is 0.0952. The second-order valence-corrected chi connectivity index (χ2v) is 7.51. The summed E-state index contributed by atoms with van der Waals surface area (Å²) in [7, 11) is 2.66. The Balaban J connectivity index is 1.69. The fourth-order valence-electron chi connectivity index (χ4n) is 2.38. The van der Waals surface area contributed by atoms with Gasteiger partial charge in [0.15, 0.2) is 16.7 Å². The van der Waals surface area contributed by atoms with Crippen LogP contribution in [0.1, 0.15) is 15.9 Å². The number of carbonyl (C=O) groups is 3. The summed E-state index contributed by atoms with van der Waals surface area (Å²) in [5, 5.41) is 11.0. The molecule has 9 nitrogen and oxygen atoms in total. The summed E-state index contributed by atoms with van der Waals surface area (Å²) in [6, 6.07) is 11.1. The smallest absolute Gasteiger partial charge is 0.343 e. The number of carbonyl (C=O) groups excluding carboxylic acids is 3. The van der Waals surface area contributed by atoms with Crippen molar-refractivity contribution in [1.82, 2.24) is 5.32 Å². The molecule has 1 aliphatic rings. The molecule has 0 bridgehead atoms. The van der Waals surface area contributed by atoms with Gasteiger partial charge in [-0.05, 0) is 59.8 Å². The highest BCUT2D eigenvalue weighted by molar-refractivity contribution is 8.18. The van der Waals surface area contributed by atoms with Crippen LogP contribution in [0.4, 0.5) is 0 Å². The summed E-state index contributed by atoms with van der Waals surface area (Å²) in [5.41, 5.74) is 0.951. The number of thioether (sulfide) groups is 1. The van der Waals surface area contributed by atoms with E-state index in [0.29, 0.717) is 21.9 Å². The van der Waals surface area contributed by atoms with Crippen LogP contribution in [0.2, 0.25) is 5.02 Å². The second kappa shape index (κ2) is 10.6. The van der Waals surface area contributed by atoms with E-state index in [9.17, 15) is 14.4 Å². The van der Waals surface area contributed by atoms with Crippen LogP contribution in [0, 0.1) is 0 Å². The summed E-state index contributed by atoms with van der Waals surface area (Å²) >= 11 is 6.79. The van der Waals surface area contributed by atoms with E-state index in [1.807, 2.05) is 0 Å². The predicted octanol–water partition coefficient (Wildman–Crippen LogP) is 3.18. The van der Waals surface area contributed by atoms with Crippen molar-refractivity contribution in [2.24, 2.45) is 10.2 Å². The zero-order valence-corrected chi connectivity index (χ0v) is 18.4. The fourth-order valence-corrected chi connectivity index (χ4v) is 3.25. The summed E-state index contributed by atoms with van der Waals surface area (Å²) in [5.74, 6) is -1.13. The van der Waals surface area contributed by atoms with E-state index in [1.165, 1.54) is 20.4 Å². The van der Waals surface area contributed by atoms with Crippen molar-refractivity contribution >= 4 is 52.6 Å². The number of esters is 2. The first-order chi connectivity index (χ1) is 15.4. The molecule has 2 aromatic carbocycles. The van der Waals surface area contributed by atoms with Gasteiger partial charge < -0.3 is 14.2 Å². The minimum atomic E-state index is -0.642. The lowest BCUT2D eigenvalue weighted by atomic mass is 10.2. The van der Waals surface area contributed by atoms with Gasteiger partial charge in [-0.1, -0.05) is 11.6 Å². The summed E-state index contributed by atoms with van der Waals surface area (Å²) in [4.78, 5) is 35.5. The van der Waals surface area contributed by atoms with Crippen LogP contribution in [0.3, 0.4) is 0 Å². The molecule has 11 heteroatoms. The summed E-state index contributed by atoms with van der Waals surface area (Å²) in [6.07, 6.45) is 2.50. The topological polar surface area (TPSA) is 116 Å². The lowest BCUT2D eigenvalue weighted by molar-refractivity contribution is -0.135. The van der Waals surface area contributed by atoms with E-state index in [2.05, 4.69) is 20.3 Å². The van der Waals surface area contributed by atoms with Crippen molar-refractivity contribution in [3.8, 4) is 11.5 Å². The van der Waals surface area contributed by atoms with Crippen molar-refractivity contribution in [2.45, 2.75) is 0 Å². The maximum atomic E-state index is 12.3. The molecule has 1 saturated heterocycles. The van der Waals surface area contributed by atoms with Crippen LogP contribution in [-0.2, 0) is 14.3 Å². The maximum absolute atomic E-state index is 12.3. The molecule has 2 aromatic rings. The third-order valence-corrected chi connectivity index (χ3v) is 5.08. The molecule has 1 heterocycles. The number of rotatable bonds is 6.